The molecular weight excluding hydrogens is 898 g/mol. The molecule has 4 aliphatic heterocycles. The van der Waals surface area contributed by atoms with Gasteiger partial charge in [0.05, 0.1) is 35.1 Å². The zero-order chi connectivity index (χ0) is 47.6. The van der Waals surface area contributed by atoms with Gasteiger partial charge in [0.25, 0.3) is 0 Å². The van der Waals surface area contributed by atoms with Crippen LogP contribution in [0.2, 0.25) is 5.02 Å². The predicted molar refractivity (Wildman–Crippen MR) is 261 cm³/mol. The molecule has 9 N–H and O–H groups in total. The predicted octanol–water partition coefficient (Wildman–Crippen LogP) is 5.24. The van der Waals surface area contributed by atoms with Gasteiger partial charge in [0, 0.05) is 78.4 Å². The fourth-order valence-corrected chi connectivity index (χ4v) is 12.7. The average Bonchev–Trinajstić information content (AvgIpc) is 3.85. The Balaban J connectivity index is 0.759. The molecule has 18 heteroatoms. The lowest BCUT2D eigenvalue weighted by Gasteiger charge is -2.31. The molecule has 0 radical (unpaired) electrons. The minimum absolute atomic E-state index is 0.0357. The Labute approximate surface area is 402 Å². The van der Waals surface area contributed by atoms with Crippen LogP contribution >= 0.6 is 11.6 Å². The van der Waals surface area contributed by atoms with Crippen LogP contribution in [0.3, 0.4) is 0 Å². The molecule has 3 aromatic heterocycles. The summed E-state index contributed by atoms with van der Waals surface area (Å²) in [6.07, 6.45) is 5.99. The number of aromatic amines is 1. The Morgan fingerprint density at radius 3 is 2.43 bits per heavy atom. The van der Waals surface area contributed by atoms with Crippen LogP contribution < -0.4 is 32.5 Å². The van der Waals surface area contributed by atoms with Crippen LogP contribution in [-0.2, 0) is 17.4 Å². The molecule has 12 rings (SSSR count). The van der Waals surface area contributed by atoms with Crippen molar-refractivity contribution in [2.45, 2.75) is 63.1 Å². The molecule has 0 spiro atoms. The normalized spacial score (nSPS) is 26.7. The van der Waals surface area contributed by atoms with Gasteiger partial charge in [-0.1, -0.05) is 53.9 Å². The Hall–Kier alpha value is -6.58. The van der Waals surface area contributed by atoms with Crippen molar-refractivity contribution in [1.82, 2.24) is 51.0 Å². The molecule has 6 aliphatic rings. The number of nitrogens with one attached hydrogen (secondary N) is 4. The fraction of sp³-hybridized carbons (Fsp3) is 0.392. The lowest BCUT2D eigenvalue weighted by molar-refractivity contribution is 0.0998. The molecule has 6 aromatic rings. The Kier molecular flexibility index (Phi) is 10.1. The molecule has 4 fully saturated rings. The maximum absolute atomic E-state index is 16.0. The number of nitrogens with two attached hydrogens (primary N) is 2. The Morgan fingerprint density at radius 2 is 1.67 bits per heavy atom. The summed E-state index contributed by atoms with van der Waals surface area (Å²) in [5, 5.41) is 28.8. The van der Waals surface area contributed by atoms with Crippen LogP contribution in [0.25, 0.3) is 27.8 Å². The third-order valence-corrected chi connectivity index (χ3v) is 16.1. The summed E-state index contributed by atoms with van der Waals surface area (Å²) in [7, 11) is 0. The SMILES string of the molecule is CC(C)(C)C#Cc1n[nH]c2nc(N3CC[C@@H]4[C@H](C3)[C@]4(c3ccccc3F)C(N)C(O)Cn3cc4c(Cl)c(C5=C6NC=C(N7CC[C@@H]8[C@H](C7)[C@@]8(CN)c7ccccc7F)N=C6NN5)ccc4n3)cnc12. The van der Waals surface area contributed by atoms with Crippen LogP contribution in [0.1, 0.15) is 56.0 Å². The van der Waals surface area contributed by atoms with Crippen molar-refractivity contribution in [1.29, 1.82) is 0 Å². The summed E-state index contributed by atoms with van der Waals surface area (Å²) in [4.78, 5) is 19.0. The number of hydrogen-bond acceptors (Lipinski definition) is 13. The molecule has 3 aromatic carbocycles. The average molecular weight is 952 g/mol. The maximum Gasteiger partial charge on any atom is 0.177 e. The van der Waals surface area contributed by atoms with E-state index in [2.05, 4.69) is 48.0 Å². The van der Waals surface area contributed by atoms with E-state index in [0.717, 1.165) is 48.7 Å². The lowest BCUT2D eigenvalue weighted by Crippen LogP contribution is -2.49. The van der Waals surface area contributed by atoms with Gasteiger partial charge in [-0.2, -0.15) is 10.2 Å². The quantitative estimate of drug-likeness (QED) is 0.0884. The highest BCUT2D eigenvalue weighted by Gasteiger charge is 2.71. The molecule has 15 nitrogen and oxygen atoms in total. The van der Waals surface area contributed by atoms with E-state index in [0.29, 0.717) is 81.1 Å². The van der Waals surface area contributed by atoms with Crippen LogP contribution in [0.15, 0.2) is 95.8 Å². The molecule has 2 saturated heterocycles. The molecule has 2 unspecified atom stereocenters. The number of hydrogen-bond donors (Lipinski definition) is 7. The first kappa shape index (κ1) is 43.7. The minimum atomic E-state index is -1.08. The van der Waals surface area contributed by atoms with Gasteiger partial charge in [-0.3, -0.25) is 20.6 Å². The number of aliphatic hydroxyl groups is 1. The van der Waals surface area contributed by atoms with Gasteiger partial charge in [-0.25, -0.2) is 23.7 Å². The first-order chi connectivity index (χ1) is 33.3. The van der Waals surface area contributed by atoms with E-state index >= 15 is 8.78 Å². The summed E-state index contributed by atoms with van der Waals surface area (Å²) in [6, 6.07) is 16.8. The van der Waals surface area contributed by atoms with E-state index in [-0.39, 0.29) is 46.8 Å². The highest BCUT2D eigenvalue weighted by Crippen LogP contribution is 2.66. The largest absolute Gasteiger partial charge is 0.390 e. The molecule has 69 heavy (non-hydrogen) atoms. The van der Waals surface area contributed by atoms with Gasteiger partial charge >= 0.3 is 0 Å². The summed E-state index contributed by atoms with van der Waals surface area (Å²) in [6.45, 7) is 9.31. The number of anilines is 1. The van der Waals surface area contributed by atoms with E-state index in [1.54, 1.807) is 29.1 Å². The second-order valence-electron chi connectivity index (χ2n) is 20.4. The highest BCUT2D eigenvalue weighted by atomic mass is 35.5. The van der Waals surface area contributed by atoms with Crippen molar-refractivity contribution in [3.63, 3.8) is 0 Å². The minimum Gasteiger partial charge on any atom is -0.390 e. The highest BCUT2D eigenvalue weighted by molar-refractivity contribution is 6.37. The number of H-pyrrole nitrogens is 1. The maximum atomic E-state index is 16.0. The molecule has 354 valence electrons. The number of likely N-dealkylation sites (tertiary alicyclic amines) is 1. The number of aliphatic hydroxyl groups excluding tert-OH is 1. The van der Waals surface area contributed by atoms with Gasteiger partial charge in [-0.05, 0) is 98.6 Å². The Morgan fingerprint density at radius 1 is 0.928 bits per heavy atom. The van der Waals surface area contributed by atoms with Crippen LogP contribution in [0.5, 0.6) is 0 Å². The van der Waals surface area contributed by atoms with Crippen LogP contribution in [-0.4, -0.2) is 90.7 Å². The van der Waals surface area contributed by atoms with E-state index in [1.807, 2.05) is 63.5 Å². The third-order valence-electron chi connectivity index (χ3n) is 15.7. The number of fused-ring (bicyclic) bond motifs is 5. The topological polar surface area (TPSA) is 199 Å². The summed E-state index contributed by atoms with van der Waals surface area (Å²) in [5.74, 6) is 8.43. The van der Waals surface area contributed by atoms with Crippen LogP contribution in [0.4, 0.5) is 14.6 Å². The summed E-state index contributed by atoms with van der Waals surface area (Å²) in [5.41, 5.74) is 24.4. The van der Waals surface area contributed by atoms with Crippen molar-refractivity contribution >= 4 is 51.0 Å². The number of hydrazine groups is 1. The number of aliphatic imine (C=N–C) groups is 1. The molecule has 8 atom stereocenters. The van der Waals surface area contributed by atoms with E-state index in [1.165, 1.54) is 12.1 Å². The Bertz CT molecular complexity index is 3240. The number of benzene rings is 3. The van der Waals surface area contributed by atoms with E-state index in [9.17, 15) is 5.11 Å². The van der Waals surface area contributed by atoms with Gasteiger partial charge in [-0.15, -0.1) is 0 Å². The summed E-state index contributed by atoms with van der Waals surface area (Å²) < 4.78 is 32.6. The van der Waals surface area contributed by atoms with E-state index < -0.39 is 17.6 Å². The number of halogens is 3. The first-order valence-corrected chi connectivity index (χ1v) is 24.0. The molecule has 7 heterocycles. The summed E-state index contributed by atoms with van der Waals surface area (Å²) >= 11 is 7.19. The van der Waals surface area contributed by atoms with Crippen molar-refractivity contribution in [3.8, 4) is 11.8 Å². The lowest BCUT2D eigenvalue weighted by atomic mass is 9.81. The van der Waals surface area contributed by atoms with Crippen molar-refractivity contribution < 1.29 is 13.9 Å². The molecule has 2 saturated carbocycles. The van der Waals surface area contributed by atoms with Gasteiger partial charge < -0.3 is 31.7 Å². The van der Waals surface area contributed by atoms with Gasteiger partial charge in [0.2, 0.25) is 0 Å². The molecule has 0 amide bonds. The smallest absolute Gasteiger partial charge is 0.177 e. The zero-order valence-electron chi connectivity index (χ0n) is 38.4. The first-order valence-electron chi connectivity index (χ1n) is 23.7. The van der Waals surface area contributed by atoms with Crippen molar-refractivity contribution in [2.75, 3.05) is 37.6 Å². The van der Waals surface area contributed by atoms with Crippen LogP contribution in [0, 0.1) is 52.6 Å². The second kappa shape index (κ2) is 16.0. The molecule has 2 aliphatic carbocycles. The van der Waals surface area contributed by atoms with Crippen molar-refractivity contribution in [2.24, 2.45) is 45.5 Å². The standard InChI is InChI=1S/C51H53ClF2N14O/c1-49(2,3)17-14-38-44-47(63-61-38)59-40(20-57-44)67-19-16-30-34(24-67)51(30,32-9-5-7-11-36(32)54)46(56)39(69)25-68-22-28-37(65-68)13-12-27(42(28)52)43-45-48(64-62-43)60-41(21-58-45)66-18-15-29-33(23-66)50(29,26-55)31-8-4-6-10-35(31)53/h4-13,20-22,29-30,33-34,39,46,58,69H,15-16,18-19,23-26,55-56H2,1-3H3,(H,59,61,63)(H2,60,62,64)/t29-,30-,33+,34+,39?,46?,50-,51+/m1/s1. The third kappa shape index (κ3) is 6.89. The zero-order valence-corrected chi connectivity index (χ0v) is 39.2. The van der Waals surface area contributed by atoms with E-state index in [4.69, 9.17) is 43.1 Å². The molecular formula is C51H53ClF2N14O. The monoisotopic (exact) mass is 950 g/mol. The fourth-order valence-electron chi connectivity index (χ4n) is 12.4. The van der Waals surface area contributed by atoms with Gasteiger partial charge in [0.15, 0.2) is 17.2 Å². The number of rotatable bonds is 10. The van der Waals surface area contributed by atoms with Crippen molar-refractivity contribution in [3.05, 3.63) is 130 Å². The van der Waals surface area contributed by atoms with Gasteiger partial charge in [0.1, 0.15) is 34.5 Å². The number of nitrogens with zero attached hydrogens (tertiary/aromatic N) is 8. The number of piperidine rings is 2. The number of aromatic nitrogens is 6. The number of amidine groups is 1. The molecule has 0 bridgehead atoms. The second-order valence-corrected chi connectivity index (χ2v) is 20.8.